The van der Waals surface area contributed by atoms with Crippen LogP contribution in [-0.4, -0.2) is 35.2 Å². The summed E-state index contributed by atoms with van der Waals surface area (Å²) in [6.45, 7) is 7.92. The fraction of sp³-hybridized carbons (Fsp3) is 0.556. The highest BCUT2D eigenvalue weighted by Crippen LogP contribution is 2.31. The number of oxime groups is 1. The molecule has 2 heterocycles. The van der Waals surface area contributed by atoms with Crippen molar-refractivity contribution in [2.75, 3.05) is 13.1 Å². The van der Waals surface area contributed by atoms with E-state index in [0.717, 1.165) is 24.4 Å². The van der Waals surface area contributed by atoms with E-state index in [1.807, 2.05) is 42.2 Å². The van der Waals surface area contributed by atoms with Crippen LogP contribution in [0.1, 0.15) is 39.2 Å². The lowest BCUT2D eigenvalue weighted by molar-refractivity contribution is -0.156. The summed E-state index contributed by atoms with van der Waals surface area (Å²) >= 11 is 0. The van der Waals surface area contributed by atoms with Gasteiger partial charge in [0.15, 0.2) is 0 Å². The number of amides is 1. The fourth-order valence-corrected chi connectivity index (χ4v) is 3.60. The fourth-order valence-electron chi connectivity index (χ4n) is 3.60. The van der Waals surface area contributed by atoms with Gasteiger partial charge in [0.2, 0.25) is 5.60 Å². The van der Waals surface area contributed by atoms with Crippen LogP contribution in [-0.2, 0) is 9.63 Å². The standard InChI is InChI=1S/C18H24N2O2/c1-13-9-14(2)12-20(11-13)17(21)18(3)10-16(19-22-18)15-7-5-4-6-8-15/h4-8,13-14H,9-12H2,1-3H3/t13-,14-,18-/m1/s1. The van der Waals surface area contributed by atoms with Crippen LogP contribution in [0.3, 0.4) is 0 Å². The molecule has 0 aromatic heterocycles. The molecule has 3 atom stereocenters. The summed E-state index contributed by atoms with van der Waals surface area (Å²) in [6, 6.07) is 9.93. The van der Waals surface area contributed by atoms with Gasteiger partial charge < -0.3 is 9.74 Å². The summed E-state index contributed by atoms with van der Waals surface area (Å²) in [5, 5.41) is 4.18. The predicted octanol–water partition coefficient (Wildman–Crippen LogP) is 3.07. The molecule has 4 heteroatoms. The molecule has 2 aliphatic rings. The van der Waals surface area contributed by atoms with E-state index in [9.17, 15) is 4.79 Å². The largest absolute Gasteiger partial charge is 0.379 e. The van der Waals surface area contributed by atoms with Crippen LogP contribution in [0.4, 0.5) is 0 Å². The summed E-state index contributed by atoms with van der Waals surface area (Å²) < 4.78 is 0. The summed E-state index contributed by atoms with van der Waals surface area (Å²) in [4.78, 5) is 20.5. The molecule has 0 spiro atoms. The maximum absolute atomic E-state index is 12.9. The molecule has 1 amide bonds. The van der Waals surface area contributed by atoms with Gasteiger partial charge >= 0.3 is 0 Å². The lowest BCUT2D eigenvalue weighted by Crippen LogP contribution is -2.52. The maximum atomic E-state index is 12.9. The summed E-state index contributed by atoms with van der Waals surface area (Å²) in [5.41, 5.74) is 1.02. The Balaban J connectivity index is 1.71. The molecule has 2 aliphatic heterocycles. The Morgan fingerprint density at radius 3 is 2.50 bits per heavy atom. The van der Waals surface area contributed by atoms with Gasteiger partial charge in [0, 0.05) is 19.5 Å². The van der Waals surface area contributed by atoms with E-state index >= 15 is 0 Å². The normalized spacial score (nSPS) is 31.6. The zero-order valence-corrected chi connectivity index (χ0v) is 13.6. The zero-order chi connectivity index (χ0) is 15.7. The van der Waals surface area contributed by atoms with Crippen molar-refractivity contribution in [2.24, 2.45) is 17.0 Å². The van der Waals surface area contributed by atoms with Crippen molar-refractivity contribution in [1.29, 1.82) is 0 Å². The molecule has 118 valence electrons. The number of carbonyl (C=O) groups is 1. The van der Waals surface area contributed by atoms with Gasteiger partial charge in [-0.2, -0.15) is 0 Å². The Morgan fingerprint density at radius 1 is 1.23 bits per heavy atom. The molecule has 0 unspecified atom stereocenters. The van der Waals surface area contributed by atoms with E-state index in [4.69, 9.17) is 4.84 Å². The molecule has 0 saturated carbocycles. The van der Waals surface area contributed by atoms with Gasteiger partial charge in [-0.3, -0.25) is 4.79 Å². The Morgan fingerprint density at radius 2 is 1.86 bits per heavy atom. The summed E-state index contributed by atoms with van der Waals surface area (Å²) in [6.07, 6.45) is 1.72. The van der Waals surface area contributed by atoms with Gasteiger partial charge in [-0.05, 0) is 30.7 Å². The lowest BCUT2D eigenvalue weighted by Gasteiger charge is -2.38. The Labute approximate surface area is 132 Å². The van der Waals surface area contributed by atoms with Crippen molar-refractivity contribution in [3.05, 3.63) is 35.9 Å². The first-order chi connectivity index (χ1) is 10.5. The number of hydrogen-bond acceptors (Lipinski definition) is 3. The molecular weight excluding hydrogens is 276 g/mol. The zero-order valence-electron chi connectivity index (χ0n) is 13.6. The number of hydrogen-bond donors (Lipinski definition) is 0. The molecule has 0 radical (unpaired) electrons. The van der Waals surface area contributed by atoms with E-state index in [1.165, 1.54) is 6.42 Å². The highest BCUT2D eigenvalue weighted by Gasteiger charge is 2.45. The van der Waals surface area contributed by atoms with Gasteiger partial charge in [0.05, 0.1) is 5.71 Å². The minimum atomic E-state index is -0.859. The first kappa shape index (κ1) is 15.1. The third kappa shape index (κ3) is 2.87. The number of rotatable bonds is 2. The minimum Gasteiger partial charge on any atom is -0.379 e. The molecule has 0 bridgehead atoms. The molecule has 1 saturated heterocycles. The molecule has 0 aliphatic carbocycles. The molecule has 1 aromatic carbocycles. The number of carbonyl (C=O) groups excluding carboxylic acids is 1. The molecule has 22 heavy (non-hydrogen) atoms. The van der Waals surface area contributed by atoms with Crippen LogP contribution in [0.15, 0.2) is 35.5 Å². The summed E-state index contributed by atoms with van der Waals surface area (Å²) in [5.74, 6) is 1.17. The topological polar surface area (TPSA) is 41.9 Å². The third-order valence-electron chi connectivity index (χ3n) is 4.58. The lowest BCUT2D eigenvalue weighted by atomic mass is 9.89. The number of likely N-dealkylation sites (tertiary alicyclic amines) is 1. The van der Waals surface area contributed by atoms with Gasteiger partial charge in [0.1, 0.15) is 0 Å². The first-order valence-corrected chi connectivity index (χ1v) is 8.08. The predicted molar refractivity (Wildman–Crippen MR) is 86.6 cm³/mol. The van der Waals surface area contributed by atoms with Crippen molar-refractivity contribution < 1.29 is 9.63 Å². The first-order valence-electron chi connectivity index (χ1n) is 8.08. The van der Waals surface area contributed by atoms with E-state index in [0.29, 0.717) is 18.3 Å². The van der Waals surface area contributed by atoms with Crippen molar-refractivity contribution >= 4 is 11.6 Å². The second-order valence-electron chi connectivity index (χ2n) is 7.06. The number of nitrogens with zero attached hydrogens (tertiary/aromatic N) is 2. The SMILES string of the molecule is C[C@@H]1C[C@@H](C)CN(C(=O)[C@@]2(C)CC(c3ccccc3)=NO2)C1. The average Bonchev–Trinajstić information content (AvgIpc) is 2.90. The van der Waals surface area contributed by atoms with Gasteiger partial charge in [-0.25, -0.2) is 0 Å². The molecule has 0 N–H and O–H groups in total. The minimum absolute atomic E-state index is 0.0700. The van der Waals surface area contributed by atoms with Crippen molar-refractivity contribution in [1.82, 2.24) is 4.90 Å². The van der Waals surface area contributed by atoms with Gasteiger partial charge in [0.25, 0.3) is 5.91 Å². The van der Waals surface area contributed by atoms with E-state index < -0.39 is 5.60 Å². The van der Waals surface area contributed by atoms with E-state index in [-0.39, 0.29) is 5.91 Å². The molecule has 3 rings (SSSR count). The number of piperidine rings is 1. The summed E-state index contributed by atoms with van der Waals surface area (Å²) in [7, 11) is 0. The van der Waals surface area contributed by atoms with Crippen LogP contribution >= 0.6 is 0 Å². The van der Waals surface area contributed by atoms with Crippen LogP contribution in [0.25, 0.3) is 0 Å². The number of benzene rings is 1. The van der Waals surface area contributed by atoms with Crippen molar-refractivity contribution in [2.45, 2.75) is 39.2 Å². The van der Waals surface area contributed by atoms with Gasteiger partial charge in [-0.1, -0.05) is 49.3 Å². The van der Waals surface area contributed by atoms with E-state index in [1.54, 1.807) is 0 Å². The Kier molecular flexibility index (Phi) is 3.94. The second kappa shape index (κ2) is 5.75. The monoisotopic (exact) mass is 300 g/mol. The molecule has 1 fully saturated rings. The van der Waals surface area contributed by atoms with E-state index in [2.05, 4.69) is 19.0 Å². The van der Waals surface area contributed by atoms with Crippen LogP contribution in [0.5, 0.6) is 0 Å². The quantitative estimate of drug-likeness (QED) is 0.842. The van der Waals surface area contributed by atoms with Crippen molar-refractivity contribution in [3.8, 4) is 0 Å². The van der Waals surface area contributed by atoms with Crippen LogP contribution in [0.2, 0.25) is 0 Å². The van der Waals surface area contributed by atoms with Crippen LogP contribution in [0, 0.1) is 11.8 Å². The highest BCUT2D eigenvalue weighted by molar-refractivity contribution is 6.05. The highest BCUT2D eigenvalue weighted by atomic mass is 16.7. The average molecular weight is 300 g/mol. The smallest absolute Gasteiger partial charge is 0.269 e. The Bertz CT molecular complexity index is 574. The molecule has 1 aromatic rings. The molecule has 4 nitrogen and oxygen atoms in total. The van der Waals surface area contributed by atoms with Gasteiger partial charge in [-0.15, -0.1) is 0 Å². The van der Waals surface area contributed by atoms with Crippen molar-refractivity contribution in [3.63, 3.8) is 0 Å². The second-order valence-corrected chi connectivity index (χ2v) is 7.06. The third-order valence-corrected chi connectivity index (χ3v) is 4.58. The van der Waals surface area contributed by atoms with Crippen LogP contribution < -0.4 is 0 Å². The maximum Gasteiger partial charge on any atom is 0.269 e. The Hall–Kier alpha value is -1.84. The molecular formula is C18H24N2O2.